The summed E-state index contributed by atoms with van der Waals surface area (Å²) in [5, 5.41) is 10.3. The molecule has 0 spiro atoms. The van der Waals surface area contributed by atoms with E-state index < -0.39 is 17.2 Å². The SMILES string of the molecule is COCCNCCNC(=O)c1cn(C(C)(C)C)nc1-c1ccc(F)cc1F. The van der Waals surface area contributed by atoms with Crippen LogP contribution in [0.5, 0.6) is 0 Å². The first kappa shape index (κ1) is 21.0. The zero-order valence-corrected chi connectivity index (χ0v) is 16.1. The molecule has 0 atom stereocenters. The second-order valence-electron chi connectivity index (χ2n) is 7.13. The summed E-state index contributed by atoms with van der Waals surface area (Å²) in [5.41, 5.74) is 0.119. The van der Waals surface area contributed by atoms with E-state index in [0.717, 1.165) is 12.1 Å². The predicted octanol–water partition coefficient (Wildman–Crippen LogP) is 2.55. The van der Waals surface area contributed by atoms with E-state index in [1.54, 1.807) is 18.0 Å². The number of amides is 1. The molecular formula is C19H26F2N4O2. The fourth-order valence-electron chi connectivity index (χ4n) is 2.42. The topological polar surface area (TPSA) is 68.2 Å². The largest absolute Gasteiger partial charge is 0.383 e. The van der Waals surface area contributed by atoms with Gasteiger partial charge in [-0.05, 0) is 32.9 Å². The van der Waals surface area contributed by atoms with Crippen LogP contribution in [-0.2, 0) is 10.3 Å². The zero-order valence-electron chi connectivity index (χ0n) is 16.1. The maximum atomic E-state index is 14.3. The highest BCUT2D eigenvalue weighted by Crippen LogP contribution is 2.28. The molecule has 8 heteroatoms. The van der Waals surface area contributed by atoms with Crippen LogP contribution >= 0.6 is 0 Å². The Morgan fingerprint density at radius 3 is 2.59 bits per heavy atom. The lowest BCUT2D eigenvalue weighted by Gasteiger charge is -2.18. The molecule has 1 aromatic carbocycles. The standard InChI is InChI=1S/C19H26F2N4O2/c1-19(2,3)25-12-15(18(26)23-8-7-22-9-10-27-4)17(24-25)14-6-5-13(20)11-16(14)21/h5-6,11-12,22H,7-10H2,1-4H3,(H,23,26). The van der Waals surface area contributed by atoms with Gasteiger partial charge in [0.2, 0.25) is 0 Å². The first-order valence-electron chi connectivity index (χ1n) is 8.77. The Balaban J connectivity index is 2.23. The summed E-state index contributed by atoms with van der Waals surface area (Å²) in [4.78, 5) is 12.6. The molecule has 1 amide bonds. The van der Waals surface area contributed by atoms with Crippen LogP contribution in [0.4, 0.5) is 8.78 Å². The van der Waals surface area contributed by atoms with Crippen molar-refractivity contribution in [2.75, 3.05) is 33.4 Å². The number of hydrogen-bond donors (Lipinski definition) is 2. The molecule has 2 aromatic rings. The van der Waals surface area contributed by atoms with Crippen LogP contribution in [0.1, 0.15) is 31.1 Å². The minimum Gasteiger partial charge on any atom is -0.383 e. The maximum Gasteiger partial charge on any atom is 0.255 e. The summed E-state index contributed by atoms with van der Waals surface area (Å²) >= 11 is 0. The number of benzene rings is 1. The average molecular weight is 380 g/mol. The van der Waals surface area contributed by atoms with E-state index in [0.29, 0.717) is 26.2 Å². The van der Waals surface area contributed by atoms with Gasteiger partial charge in [0.05, 0.1) is 17.7 Å². The van der Waals surface area contributed by atoms with Crippen molar-refractivity contribution in [3.63, 3.8) is 0 Å². The molecular weight excluding hydrogens is 354 g/mol. The molecule has 0 saturated heterocycles. The van der Waals surface area contributed by atoms with Crippen LogP contribution < -0.4 is 10.6 Å². The zero-order chi connectivity index (χ0) is 20.0. The molecule has 0 fully saturated rings. The van der Waals surface area contributed by atoms with Gasteiger partial charge in [0.25, 0.3) is 5.91 Å². The van der Waals surface area contributed by atoms with Gasteiger partial charge in [0, 0.05) is 44.6 Å². The van der Waals surface area contributed by atoms with Crippen molar-refractivity contribution in [2.24, 2.45) is 0 Å². The molecule has 0 radical (unpaired) electrons. The quantitative estimate of drug-likeness (QED) is 0.691. The summed E-state index contributed by atoms with van der Waals surface area (Å²) in [6.45, 7) is 8.00. The smallest absolute Gasteiger partial charge is 0.255 e. The summed E-state index contributed by atoms with van der Waals surface area (Å²) in [7, 11) is 1.62. The van der Waals surface area contributed by atoms with Gasteiger partial charge in [0.15, 0.2) is 0 Å². The number of ether oxygens (including phenoxy) is 1. The van der Waals surface area contributed by atoms with Gasteiger partial charge in [-0.15, -0.1) is 0 Å². The van der Waals surface area contributed by atoms with Gasteiger partial charge < -0.3 is 15.4 Å². The van der Waals surface area contributed by atoms with E-state index in [2.05, 4.69) is 15.7 Å². The summed E-state index contributed by atoms with van der Waals surface area (Å²) in [6, 6.07) is 3.23. The Labute approximate surface area is 157 Å². The van der Waals surface area contributed by atoms with Crippen molar-refractivity contribution in [1.82, 2.24) is 20.4 Å². The fourth-order valence-corrected chi connectivity index (χ4v) is 2.42. The van der Waals surface area contributed by atoms with Crippen molar-refractivity contribution in [1.29, 1.82) is 0 Å². The third-order valence-corrected chi connectivity index (χ3v) is 3.90. The van der Waals surface area contributed by atoms with Gasteiger partial charge in [-0.1, -0.05) is 0 Å². The second-order valence-corrected chi connectivity index (χ2v) is 7.13. The lowest BCUT2D eigenvalue weighted by Crippen LogP contribution is -2.33. The minimum atomic E-state index is -0.760. The molecule has 0 aliphatic heterocycles. The van der Waals surface area contributed by atoms with Gasteiger partial charge >= 0.3 is 0 Å². The first-order chi connectivity index (χ1) is 12.7. The molecule has 0 aliphatic rings. The van der Waals surface area contributed by atoms with Gasteiger partial charge in [0.1, 0.15) is 17.3 Å². The highest BCUT2D eigenvalue weighted by molar-refractivity contribution is 5.99. The molecule has 1 heterocycles. The summed E-state index contributed by atoms with van der Waals surface area (Å²) in [6.07, 6.45) is 1.59. The van der Waals surface area contributed by atoms with Crippen molar-refractivity contribution < 1.29 is 18.3 Å². The minimum absolute atomic E-state index is 0.0859. The Bertz CT molecular complexity index is 785. The molecule has 0 aliphatic carbocycles. The molecule has 6 nitrogen and oxygen atoms in total. The monoisotopic (exact) mass is 380 g/mol. The van der Waals surface area contributed by atoms with Crippen LogP contribution in [0.15, 0.2) is 24.4 Å². The van der Waals surface area contributed by atoms with Gasteiger partial charge in [-0.25, -0.2) is 8.78 Å². The van der Waals surface area contributed by atoms with Crippen LogP contribution in [0.3, 0.4) is 0 Å². The predicted molar refractivity (Wildman–Crippen MR) is 99.7 cm³/mol. The molecule has 0 bridgehead atoms. The Kier molecular flexibility index (Phi) is 7.04. The number of aromatic nitrogens is 2. The third kappa shape index (κ3) is 5.58. The highest BCUT2D eigenvalue weighted by Gasteiger charge is 2.24. The van der Waals surface area contributed by atoms with Crippen molar-refractivity contribution in [3.8, 4) is 11.3 Å². The molecule has 148 valence electrons. The second kappa shape index (κ2) is 9.05. The number of halogens is 2. The molecule has 27 heavy (non-hydrogen) atoms. The fraction of sp³-hybridized carbons (Fsp3) is 0.474. The lowest BCUT2D eigenvalue weighted by atomic mass is 10.1. The average Bonchev–Trinajstić information content (AvgIpc) is 3.03. The van der Waals surface area contributed by atoms with E-state index in [1.807, 2.05) is 20.8 Å². The maximum absolute atomic E-state index is 14.3. The summed E-state index contributed by atoms with van der Waals surface area (Å²) in [5.74, 6) is -1.80. The number of carbonyl (C=O) groups excluding carboxylic acids is 1. The van der Waals surface area contributed by atoms with Crippen LogP contribution in [0.2, 0.25) is 0 Å². The number of nitrogens with zero attached hydrogens (tertiary/aromatic N) is 2. The highest BCUT2D eigenvalue weighted by atomic mass is 19.1. The Hall–Kier alpha value is -2.32. The normalized spacial score (nSPS) is 11.6. The number of nitrogens with one attached hydrogen (secondary N) is 2. The van der Waals surface area contributed by atoms with E-state index >= 15 is 0 Å². The Morgan fingerprint density at radius 2 is 1.96 bits per heavy atom. The van der Waals surface area contributed by atoms with Gasteiger partial charge in [-0.3, -0.25) is 9.48 Å². The van der Waals surface area contributed by atoms with E-state index in [4.69, 9.17) is 4.74 Å². The number of carbonyl (C=O) groups is 1. The third-order valence-electron chi connectivity index (χ3n) is 3.90. The van der Waals surface area contributed by atoms with Crippen LogP contribution in [0.25, 0.3) is 11.3 Å². The van der Waals surface area contributed by atoms with E-state index in [9.17, 15) is 13.6 Å². The molecule has 0 saturated carbocycles. The molecule has 2 rings (SSSR count). The van der Waals surface area contributed by atoms with Gasteiger partial charge in [-0.2, -0.15) is 5.10 Å². The first-order valence-corrected chi connectivity index (χ1v) is 8.77. The van der Waals surface area contributed by atoms with Crippen molar-refractivity contribution in [2.45, 2.75) is 26.3 Å². The van der Waals surface area contributed by atoms with Crippen LogP contribution in [-0.4, -0.2) is 49.0 Å². The molecule has 0 unspecified atom stereocenters. The number of methoxy groups -OCH3 is 1. The van der Waals surface area contributed by atoms with Crippen molar-refractivity contribution >= 4 is 5.91 Å². The number of hydrogen-bond acceptors (Lipinski definition) is 4. The van der Waals surface area contributed by atoms with E-state index in [1.165, 1.54) is 6.07 Å². The number of rotatable bonds is 8. The molecule has 1 aromatic heterocycles. The Morgan fingerprint density at radius 1 is 1.22 bits per heavy atom. The summed E-state index contributed by atoms with van der Waals surface area (Å²) < 4.78 is 34.1. The van der Waals surface area contributed by atoms with Crippen molar-refractivity contribution in [3.05, 3.63) is 41.6 Å². The lowest BCUT2D eigenvalue weighted by molar-refractivity contribution is 0.0954. The van der Waals surface area contributed by atoms with E-state index in [-0.39, 0.29) is 22.7 Å². The molecule has 2 N–H and O–H groups in total. The van der Waals surface area contributed by atoms with Crippen LogP contribution in [0, 0.1) is 11.6 Å².